The standard InChI is InChI=1S/C18H21N3O2/c22-17-8-6-15(7-9-17)18(23)20-19-12-14-10-11-21(13-14)16-4-2-1-3-5-16/h6-13,16,22H,1-5H2,(H,20,23)/b19-12-. The summed E-state index contributed by atoms with van der Waals surface area (Å²) in [7, 11) is 0. The second-order valence-electron chi connectivity index (χ2n) is 5.93. The van der Waals surface area contributed by atoms with Crippen molar-refractivity contribution in [3.63, 3.8) is 0 Å². The maximum atomic E-state index is 11.9. The predicted molar refractivity (Wildman–Crippen MR) is 89.7 cm³/mol. The maximum absolute atomic E-state index is 11.9. The molecule has 0 aliphatic heterocycles. The highest BCUT2D eigenvalue weighted by molar-refractivity contribution is 5.94. The van der Waals surface area contributed by atoms with E-state index in [0.29, 0.717) is 11.6 Å². The topological polar surface area (TPSA) is 66.6 Å². The first-order valence-electron chi connectivity index (χ1n) is 8.02. The molecule has 2 aromatic rings. The van der Waals surface area contributed by atoms with Gasteiger partial charge in [0.05, 0.1) is 6.21 Å². The summed E-state index contributed by atoms with van der Waals surface area (Å²) in [4.78, 5) is 11.9. The molecule has 5 heteroatoms. The van der Waals surface area contributed by atoms with Gasteiger partial charge < -0.3 is 9.67 Å². The quantitative estimate of drug-likeness (QED) is 0.671. The summed E-state index contributed by atoms with van der Waals surface area (Å²) >= 11 is 0. The monoisotopic (exact) mass is 311 g/mol. The van der Waals surface area contributed by atoms with Crippen LogP contribution in [0.2, 0.25) is 0 Å². The van der Waals surface area contributed by atoms with E-state index in [1.165, 1.54) is 44.2 Å². The normalized spacial score (nSPS) is 15.8. The lowest BCUT2D eigenvalue weighted by molar-refractivity contribution is 0.0955. The lowest BCUT2D eigenvalue weighted by Gasteiger charge is -2.23. The molecule has 0 radical (unpaired) electrons. The number of hydrazone groups is 1. The van der Waals surface area contributed by atoms with Crippen LogP contribution in [0.15, 0.2) is 47.8 Å². The number of hydrogen-bond acceptors (Lipinski definition) is 3. The predicted octanol–water partition coefficient (Wildman–Crippen LogP) is 3.46. The summed E-state index contributed by atoms with van der Waals surface area (Å²) in [5, 5.41) is 13.2. The summed E-state index contributed by atoms with van der Waals surface area (Å²) in [6, 6.07) is 8.66. The highest BCUT2D eigenvalue weighted by Gasteiger charge is 2.14. The molecule has 23 heavy (non-hydrogen) atoms. The van der Waals surface area contributed by atoms with Crippen LogP contribution in [0.4, 0.5) is 0 Å². The van der Waals surface area contributed by atoms with Crippen molar-refractivity contribution in [1.29, 1.82) is 0 Å². The molecule has 1 aromatic heterocycles. The van der Waals surface area contributed by atoms with Gasteiger partial charge in [-0.1, -0.05) is 19.3 Å². The minimum absolute atomic E-state index is 0.133. The summed E-state index contributed by atoms with van der Waals surface area (Å²) in [6.07, 6.45) is 12.2. The van der Waals surface area contributed by atoms with Gasteiger partial charge in [0.25, 0.3) is 5.91 Å². The molecule has 0 bridgehead atoms. The van der Waals surface area contributed by atoms with Gasteiger partial charge in [0.1, 0.15) is 5.75 Å². The van der Waals surface area contributed by atoms with Gasteiger partial charge in [0.15, 0.2) is 0 Å². The zero-order valence-electron chi connectivity index (χ0n) is 13.0. The third-order valence-corrected chi connectivity index (χ3v) is 4.24. The Balaban J connectivity index is 1.56. The Morgan fingerprint density at radius 1 is 1.17 bits per heavy atom. The average molecular weight is 311 g/mol. The minimum Gasteiger partial charge on any atom is -0.508 e. The molecule has 0 atom stereocenters. The third kappa shape index (κ3) is 4.00. The van der Waals surface area contributed by atoms with Gasteiger partial charge in [0, 0.05) is 29.6 Å². The van der Waals surface area contributed by atoms with Crippen LogP contribution in [0.5, 0.6) is 5.75 Å². The van der Waals surface area contributed by atoms with Crippen molar-refractivity contribution in [3.05, 3.63) is 53.9 Å². The van der Waals surface area contributed by atoms with E-state index in [0.717, 1.165) is 5.56 Å². The van der Waals surface area contributed by atoms with E-state index >= 15 is 0 Å². The van der Waals surface area contributed by atoms with Crippen molar-refractivity contribution >= 4 is 12.1 Å². The number of phenolic OH excluding ortho intramolecular Hbond substituents is 1. The van der Waals surface area contributed by atoms with Gasteiger partial charge in [-0.2, -0.15) is 5.10 Å². The lowest BCUT2D eigenvalue weighted by atomic mass is 9.95. The molecule has 1 aliphatic rings. The second kappa shape index (κ2) is 7.13. The number of phenols is 1. The fraction of sp³-hybridized carbons (Fsp3) is 0.333. The van der Waals surface area contributed by atoms with Crippen LogP contribution in [0, 0.1) is 0 Å². The minimum atomic E-state index is -0.298. The first-order chi connectivity index (χ1) is 11.2. The van der Waals surface area contributed by atoms with Crippen LogP contribution in [0.1, 0.15) is 54.1 Å². The molecular weight excluding hydrogens is 290 g/mol. The number of benzene rings is 1. The lowest BCUT2D eigenvalue weighted by Crippen LogP contribution is -2.17. The number of rotatable bonds is 4. The maximum Gasteiger partial charge on any atom is 0.271 e. The smallest absolute Gasteiger partial charge is 0.271 e. The zero-order valence-corrected chi connectivity index (χ0v) is 13.0. The SMILES string of the molecule is O=C(N/N=C\c1ccn(C2CCCCC2)c1)c1ccc(O)cc1. The van der Waals surface area contributed by atoms with E-state index < -0.39 is 0 Å². The molecular formula is C18H21N3O2. The number of carbonyl (C=O) groups excluding carboxylic acids is 1. The largest absolute Gasteiger partial charge is 0.508 e. The first-order valence-corrected chi connectivity index (χ1v) is 8.02. The Labute approximate surface area is 135 Å². The van der Waals surface area contributed by atoms with Gasteiger partial charge in [-0.3, -0.25) is 4.79 Å². The van der Waals surface area contributed by atoms with E-state index in [2.05, 4.69) is 27.5 Å². The number of aromatic hydroxyl groups is 1. The molecule has 5 nitrogen and oxygen atoms in total. The number of aromatic nitrogens is 1. The van der Waals surface area contributed by atoms with Crippen molar-refractivity contribution < 1.29 is 9.90 Å². The van der Waals surface area contributed by atoms with Crippen LogP contribution >= 0.6 is 0 Å². The molecule has 1 amide bonds. The average Bonchev–Trinajstić information content (AvgIpc) is 3.05. The summed E-state index contributed by atoms with van der Waals surface area (Å²) in [6.45, 7) is 0. The number of nitrogens with zero attached hydrogens (tertiary/aromatic N) is 2. The summed E-state index contributed by atoms with van der Waals surface area (Å²) in [5.41, 5.74) is 3.93. The molecule has 1 saturated carbocycles. The Kier molecular flexibility index (Phi) is 4.76. The van der Waals surface area contributed by atoms with Crippen LogP contribution in [-0.2, 0) is 0 Å². The van der Waals surface area contributed by atoms with Crippen molar-refractivity contribution in [2.75, 3.05) is 0 Å². The molecule has 0 spiro atoms. The van der Waals surface area contributed by atoms with E-state index in [1.54, 1.807) is 18.3 Å². The Bertz CT molecular complexity index is 683. The van der Waals surface area contributed by atoms with E-state index in [-0.39, 0.29) is 11.7 Å². The van der Waals surface area contributed by atoms with E-state index in [4.69, 9.17) is 0 Å². The van der Waals surface area contributed by atoms with Gasteiger partial charge in [-0.15, -0.1) is 0 Å². The number of amides is 1. The van der Waals surface area contributed by atoms with Gasteiger partial charge in [-0.25, -0.2) is 5.43 Å². The van der Waals surface area contributed by atoms with Crippen molar-refractivity contribution in [2.45, 2.75) is 38.1 Å². The zero-order chi connectivity index (χ0) is 16.1. The molecule has 1 aromatic carbocycles. The van der Waals surface area contributed by atoms with Crippen LogP contribution < -0.4 is 5.43 Å². The molecule has 120 valence electrons. The highest BCUT2D eigenvalue weighted by Crippen LogP contribution is 2.28. The summed E-state index contributed by atoms with van der Waals surface area (Å²) < 4.78 is 2.25. The third-order valence-electron chi connectivity index (χ3n) is 4.24. The fourth-order valence-corrected chi connectivity index (χ4v) is 2.96. The number of carbonyl (C=O) groups is 1. The van der Waals surface area contributed by atoms with E-state index in [1.807, 2.05) is 6.07 Å². The first kappa shape index (κ1) is 15.3. The number of hydrogen-bond donors (Lipinski definition) is 2. The van der Waals surface area contributed by atoms with Crippen molar-refractivity contribution in [1.82, 2.24) is 9.99 Å². The molecule has 2 N–H and O–H groups in total. The summed E-state index contributed by atoms with van der Waals surface area (Å²) in [5.74, 6) is -0.165. The van der Waals surface area contributed by atoms with E-state index in [9.17, 15) is 9.90 Å². The molecule has 0 unspecified atom stereocenters. The van der Waals surface area contributed by atoms with Crippen molar-refractivity contribution in [2.24, 2.45) is 5.10 Å². The van der Waals surface area contributed by atoms with Gasteiger partial charge >= 0.3 is 0 Å². The van der Waals surface area contributed by atoms with Crippen LogP contribution in [-0.4, -0.2) is 21.8 Å². The molecule has 3 rings (SSSR count). The fourth-order valence-electron chi connectivity index (χ4n) is 2.96. The van der Waals surface area contributed by atoms with Gasteiger partial charge in [-0.05, 0) is 43.2 Å². The van der Waals surface area contributed by atoms with Crippen molar-refractivity contribution in [3.8, 4) is 5.75 Å². The van der Waals surface area contributed by atoms with Crippen LogP contribution in [0.3, 0.4) is 0 Å². The second-order valence-corrected chi connectivity index (χ2v) is 5.93. The molecule has 1 fully saturated rings. The molecule has 1 heterocycles. The van der Waals surface area contributed by atoms with Gasteiger partial charge in [0.2, 0.25) is 0 Å². The Morgan fingerprint density at radius 2 is 1.91 bits per heavy atom. The highest BCUT2D eigenvalue weighted by atomic mass is 16.3. The molecule has 0 saturated heterocycles. The van der Waals surface area contributed by atoms with Crippen LogP contribution in [0.25, 0.3) is 0 Å². The Morgan fingerprint density at radius 3 is 2.65 bits per heavy atom. The molecule has 1 aliphatic carbocycles. The Hall–Kier alpha value is -2.56. The number of nitrogens with one attached hydrogen (secondary N) is 1.